The van der Waals surface area contributed by atoms with Crippen LogP contribution in [0.4, 0.5) is 0 Å². The Kier molecular flexibility index (Phi) is 2.86. The summed E-state index contributed by atoms with van der Waals surface area (Å²) in [5.74, 6) is 0. The molecule has 25 heavy (non-hydrogen) atoms. The lowest BCUT2D eigenvalue weighted by atomic mass is 10.0. The van der Waals surface area contributed by atoms with Gasteiger partial charge in [0.2, 0.25) is 0 Å². The fourth-order valence-corrected chi connectivity index (χ4v) is 3.46. The lowest BCUT2D eigenvalue weighted by molar-refractivity contribution is 0.996. The highest BCUT2D eigenvalue weighted by molar-refractivity contribution is 6.11. The first kappa shape index (κ1) is 13.8. The molecule has 0 aliphatic carbocycles. The fourth-order valence-electron chi connectivity index (χ4n) is 3.46. The number of nitrogens with zero attached hydrogens (tertiary/aromatic N) is 3. The second-order valence-electron chi connectivity index (χ2n) is 6.09. The third kappa shape index (κ3) is 2.02. The molecule has 3 heteroatoms. The van der Waals surface area contributed by atoms with Crippen LogP contribution in [0.2, 0.25) is 0 Å². The van der Waals surface area contributed by atoms with Gasteiger partial charge in [-0.05, 0) is 29.7 Å². The molecule has 0 spiro atoms. The van der Waals surface area contributed by atoms with Crippen molar-refractivity contribution in [3.05, 3.63) is 84.4 Å². The van der Waals surface area contributed by atoms with E-state index in [1.54, 1.807) is 0 Å². The van der Waals surface area contributed by atoms with Gasteiger partial charge in [0, 0.05) is 16.3 Å². The zero-order valence-electron chi connectivity index (χ0n) is 13.3. The molecular formula is C22H13N3. The molecule has 5 aromatic rings. The van der Waals surface area contributed by atoms with Crippen molar-refractivity contribution in [2.75, 3.05) is 0 Å². The molecule has 2 heterocycles. The Morgan fingerprint density at radius 3 is 2.44 bits per heavy atom. The normalized spacial score (nSPS) is 11.2. The van der Waals surface area contributed by atoms with Crippen molar-refractivity contribution < 1.29 is 0 Å². The molecule has 0 N–H and O–H groups in total. The Labute approximate surface area is 144 Å². The average molecular weight is 319 g/mol. The van der Waals surface area contributed by atoms with Crippen molar-refractivity contribution in [3.63, 3.8) is 0 Å². The third-order valence-corrected chi connectivity index (χ3v) is 4.60. The van der Waals surface area contributed by atoms with E-state index in [2.05, 4.69) is 30.3 Å². The Hall–Kier alpha value is -3.64. The maximum Gasteiger partial charge on any atom is 0.0991 e. The van der Waals surface area contributed by atoms with Crippen molar-refractivity contribution >= 4 is 27.2 Å². The molecule has 0 saturated heterocycles. The SMILES string of the molecule is N#Cc1ccc2c(c1)cc(-c1ccccc1)n1nc3ccccc3c21. The number of pyridine rings is 1. The molecule has 0 bridgehead atoms. The fraction of sp³-hybridized carbons (Fsp3) is 0. The van der Waals surface area contributed by atoms with Crippen molar-refractivity contribution in [3.8, 4) is 17.3 Å². The second kappa shape index (κ2) is 5.19. The van der Waals surface area contributed by atoms with Crippen molar-refractivity contribution in [1.29, 1.82) is 5.26 Å². The highest BCUT2D eigenvalue weighted by Gasteiger charge is 2.14. The van der Waals surface area contributed by atoms with Crippen LogP contribution >= 0.6 is 0 Å². The van der Waals surface area contributed by atoms with Crippen LogP contribution in [-0.2, 0) is 0 Å². The largest absolute Gasteiger partial charge is 0.231 e. The van der Waals surface area contributed by atoms with E-state index < -0.39 is 0 Å². The Balaban J connectivity index is 2.03. The summed E-state index contributed by atoms with van der Waals surface area (Å²) in [5.41, 5.74) is 4.84. The minimum atomic E-state index is 0.666. The van der Waals surface area contributed by atoms with Gasteiger partial charge in [-0.3, -0.25) is 0 Å². The summed E-state index contributed by atoms with van der Waals surface area (Å²) in [6, 6.07) is 28.6. The lowest BCUT2D eigenvalue weighted by Gasteiger charge is -2.09. The lowest BCUT2D eigenvalue weighted by Crippen LogP contribution is -1.95. The molecule has 0 aliphatic heterocycles. The van der Waals surface area contributed by atoms with Crippen LogP contribution in [-0.4, -0.2) is 9.61 Å². The Morgan fingerprint density at radius 2 is 1.60 bits per heavy atom. The molecule has 3 nitrogen and oxygen atoms in total. The van der Waals surface area contributed by atoms with Gasteiger partial charge in [-0.1, -0.05) is 54.6 Å². The van der Waals surface area contributed by atoms with Gasteiger partial charge in [-0.25, -0.2) is 4.52 Å². The predicted molar refractivity (Wildman–Crippen MR) is 100 cm³/mol. The molecule has 0 unspecified atom stereocenters. The van der Waals surface area contributed by atoms with Gasteiger partial charge in [0.15, 0.2) is 0 Å². The summed E-state index contributed by atoms with van der Waals surface area (Å²) in [6.07, 6.45) is 0. The van der Waals surface area contributed by atoms with Crippen LogP contribution in [0.15, 0.2) is 78.9 Å². The van der Waals surface area contributed by atoms with Gasteiger partial charge in [-0.2, -0.15) is 10.4 Å². The molecule has 3 aromatic carbocycles. The first-order chi connectivity index (χ1) is 12.3. The first-order valence-electron chi connectivity index (χ1n) is 8.15. The molecule has 116 valence electrons. The minimum Gasteiger partial charge on any atom is -0.231 e. The van der Waals surface area contributed by atoms with Gasteiger partial charge < -0.3 is 0 Å². The van der Waals surface area contributed by atoms with Crippen LogP contribution in [0, 0.1) is 11.3 Å². The number of hydrogen-bond donors (Lipinski definition) is 0. The average Bonchev–Trinajstić information content (AvgIpc) is 3.07. The molecule has 0 aliphatic rings. The van der Waals surface area contributed by atoms with Gasteiger partial charge in [0.25, 0.3) is 0 Å². The van der Waals surface area contributed by atoms with Gasteiger partial charge in [0.05, 0.1) is 28.4 Å². The summed E-state index contributed by atoms with van der Waals surface area (Å²) < 4.78 is 2.02. The molecule has 0 atom stereocenters. The standard InChI is InChI=1S/C22H13N3/c23-14-15-10-11-18-17(12-15)13-21(16-6-2-1-3-7-16)25-22(18)19-8-4-5-9-20(19)24-25/h1-13H. The number of fused-ring (bicyclic) bond motifs is 5. The van der Waals surface area contributed by atoms with Gasteiger partial charge in [-0.15, -0.1) is 0 Å². The van der Waals surface area contributed by atoms with E-state index in [1.165, 1.54) is 0 Å². The molecule has 2 aromatic heterocycles. The third-order valence-electron chi connectivity index (χ3n) is 4.60. The molecular weight excluding hydrogens is 306 g/mol. The molecule has 0 radical (unpaired) electrons. The summed E-state index contributed by atoms with van der Waals surface area (Å²) in [6.45, 7) is 0. The Morgan fingerprint density at radius 1 is 0.800 bits per heavy atom. The van der Waals surface area contributed by atoms with Crippen molar-refractivity contribution in [1.82, 2.24) is 9.61 Å². The summed E-state index contributed by atoms with van der Waals surface area (Å²) in [4.78, 5) is 0. The highest BCUT2D eigenvalue weighted by atomic mass is 15.2. The zero-order valence-corrected chi connectivity index (χ0v) is 13.3. The van der Waals surface area contributed by atoms with E-state index in [4.69, 9.17) is 5.10 Å². The summed E-state index contributed by atoms with van der Waals surface area (Å²) >= 11 is 0. The molecule has 0 saturated carbocycles. The van der Waals surface area contributed by atoms with Gasteiger partial charge >= 0.3 is 0 Å². The van der Waals surface area contributed by atoms with Gasteiger partial charge in [0.1, 0.15) is 0 Å². The topological polar surface area (TPSA) is 41.1 Å². The Bertz CT molecular complexity index is 1290. The molecule has 0 amide bonds. The van der Waals surface area contributed by atoms with E-state index in [9.17, 15) is 5.26 Å². The van der Waals surface area contributed by atoms with E-state index in [0.717, 1.165) is 38.4 Å². The summed E-state index contributed by atoms with van der Waals surface area (Å²) in [7, 11) is 0. The van der Waals surface area contributed by atoms with Crippen molar-refractivity contribution in [2.45, 2.75) is 0 Å². The first-order valence-corrected chi connectivity index (χ1v) is 8.15. The number of hydrogen-bond acceptors (Lipinski definition) is 2. The second-order valence-corrected chi connectivity index (χ2v) is 6.09. The number of rotatable bonds is 1. The van der Waals surface area contributed by atoms with E-state index in [1.807, 2.05) is 59.1 Å². The van der Waals surface area contributed by atoms with E-state index in [0.29, 0.717) is 5.56 Å². The monoisotopic (exact) mass is 319 g/mol. The molecule has 0 fully saturated rings. The maximum atomic E-state index is 9.26. The predicted octanol–water partition coefficient (Wildman–Crippen LogP) is 5.18. The molecule has 5 rings (SSSR count). The van der Waals surface area contributed by atoms with Crippen LogP contribution in [0.3, 0.4) is 0 Å². The smallest absolute Gasteiger partial charge is 0.0991 e. The summed E-state index contributed by atoms with van der Waals surface area (Å²) in [5, 5.41) is 17.4. The highest BCUT2D eigenvalue weighted by Crippen LogP contribution is 2.33. The van der Waals surface area contributed by atoms with Crippen molar-refractivity contribution in [2.24, 2.45) is 0 Å². The van der Waals surface area contributed by atoms with Crippen LogP contribution in [0.1, 0.15) is 5.56 Å². The maximum absolute atomic E-state index is 9.26. The minimum absolute atomic E-state index is 0.666. The zero-order chi connectivity index (χ0) is 16.8. The van der Waals surface area contributed by atoms with Crippen LogP contribution in [0.5, 0.6) is 0 Å². The van der Waals surface area contributed by atoms with Crippen LogP contribution < -0.4 is 0 Å². The number of nitriles is 1. The van der Waals surface area contributed by atoms with E-state index >= 15 is 0 Å². The number of benzene rings is 3. The van der Waals surface area contributed by atoms with Crippen LogP contribution in [0.25, 0.3) is 38.4 Å². The van der Waals surface area contributed by atoms with E-state index in [-0.39, 0.29) is 0 Å². The quantitative estimate of drug-likeness (QED) is 0.427. The number of aromatic nitrogens is 2.